The Labute approximate surface area is 117 Å². The molecule has 1 heterocycles. The minimum Gasteiger partial charge on any atom is -0.337 e. The van der Waals surface area contributed by atoms with Gasteiger partial charge in [-0.25, -0.2) is 0 Å². The van der Waals surface area contributed by atoms with Crippen molar-refractivity contribution in [3.05, 3.63) is 0 Å². The molecule has 1 aliphatic carbocycles. The summed E-state index contributed by atoms with van der Waals surface area (Å²) >= 11 is 0. The normalized spacial score (nSPS) is 29.8. The van der Waals surface area contributed by atoms with Crippen molar-refractivity contribution in [1.82, 2.24) is 10.2 Å². The van der Waals surface area contributed by atoms with Gasteiger partial charge in [0, 0.05) is 31.6 Å². The molecule has 18 heavy (non-hydrogen) atoms. The summed E-state index contributed by atoms with van der Waals surface area (Å²) in [6.45, 7) is 6.13. The minimum absolute atomic E-state index is 0. The second kappa shape index (κ2) is 7.34. The molecule has 2 atom stereocenters. The number of carbonyl (C=O) groups is 1. The number of hydrogen-bond donors (Lipinski definition) is 1. The van der Waals surface area contributed by atoms with E-state index in [-0.39, 0.29) is 12.4 Å². The van der Waals surface area contributed by atoms with E-state index in [1.165, 1.54) is 32.1 Å². The zero-order valence-corrected chi connectivity index (χ0v) is 12.5. The highest BCUT2D eigenvalue weighted by Crippen LogP contribution is 2.27. The van der Waals surface area contributed by atoms with Crippen LogP contribution in [-0.2, 0) is 4.79 Å². The van der Waals surface area contributed by atoms with Crippen LogP contribution in [0.4, 0.5) is 0 Å². The Morgan fingerprint density at radius 1 is 1.22 bits per heavy atom. The average molecular weight is 275 g/mol. The summed E-state index contributed by atoms with van der Waals surface area (Å²) in [5.74, 6) is 1.05. The van der Waals surface area contributed by atoms with Crippen LogP contribution < -0.4 is 5.32 Å². The number of nitrogens with zero attached hydrogens (tertiary/aromatic N) is 1. The van der Waals surface area contributed by atoms with Crippen LogP contribution in [0.25, 0.3) is 0 Å². The van der Waals surface area contributed by atoms with Gasteiger partial charge in [0.2, 0.25) is 5.91 Å². The fraction of sp³-hybridized carbons (Fsp3) is 0.929. The maximum atomic E-state index is 12.3. The molecular weight excluding hydrogens is 248 g/mol. The van der Waals surface area contributed by atoms with E-state index in [9.17, 15) is 4.79 Å². The van der Waals surface area contributed by atoms with E-state index in [2.05, 4.69) is 24.1 Å². The van der Waals surface area contributed by atoms with Gasteiger partial charge in [-0.1, -0.05) is 19.3 Å². The predicted octanol–water partition coefficient (Wildman–Crippen LogP) is 2.59. The lowest BCUT2D eigenvalue weighted by atomic mass is 9.86. The van der Waals surface area contributed by atoms with Gasteiger partial charge in [0.05, 0.1) is 0 Å². The van der Waals surface area contributed by atoms with Crippen LogP contribution in [0.5, 0.6) is 0 Å². The first-order valence-corrected chi connectivity index (χ1v) is 7.19. The summed E-state index contributed by atoms with van der Waals surface area (Å²) in [4.78, 5) is 14.4. The molecule has 1 amide bonds. The Morgan fingerprint density at radius 3 is 2.56 bits per heavy atom. The Balaban J connectivity index is 0.00000162. The molecule has 1 saturated heterocycles. The van der Waals surface area contributed by atoms with Gasteiger partial charge in [-0.2, -0.15) is 0 Å². The molecule has 3 nitrogen and oxygen atoms in total. The lowest BCUT2D eigenvalue weighted by Crippen LogP contribution is -2.56. The standard InChI is InChI=1S/C14H26N2O.ClH/c1-11-10-16(12(2)9-15-11)14(17)8-13-6-4-3-5-7-13;/h11-13,15H,3-10H2,1-2H3;1H. The summed E-state index contributed by atoms with van der Waals surface area (Å²) in [6, 6.07) is 0.809. The van der Waals surface area contributed by atoms with Crippen LogP contribution >= 0.6 is 12.4 Å². The molecule has 106 valence electrons. The zero-order chi connectivity index (χ0) is 12.3. The Kier molecular flexibility index (Phi) is 6.44. The number of carbonyl (C=O) groups excluding carboxylic acids is 1. The van der Waals surface area contributed by atoms with Crippen molar-refractivity contribution >= 4 is 18.3 Å². The predicted molar refractivity (Wildman–Crippen MR) is 77.1 cm³/mol. The smallest absolute Gasteiger partial charge is 0.223 e. The van der Waals surface area contributed by atoms with Crippen molar-refractivity contribution in [2.45, 2.75) is 64.5 Å². The Bertz CT molecular complexity index is 267. The van der Waals surface area contributed by atoms with Crippen LogP contribution in [-0.4, -0.2) is 36.0 Å². The zero-order valence-electron chi connectivity index (χ0n) is 11.7. The van der Waals surface area contributed by atoms with E-state index in [1.54, 1.807) is 0 Å². The van der Waals surface area contributed by atoms with E-state index >= 15 is 0 Å². The highest BCUT2D eigenvalue weighted by Gasteiger charge is 2.28. The van der Waals surface area contributed by atoms with Crippen molar-refractivity contribution in [1.29, 1.82) is 0 Å². The second-order valence-electron chi connectivity index (χ2n) is 5.91. The lowest BCUT2D eigenvalue weighted by Gasteiger charge is -2.38. The third-order valence-corrected chi connectivity index (χ3v) is 4.27. The molecule has 1 aliphatic heterocycles. The lowest BCUT2D eigenvalue weighted by molar-refractivity contribution is -0.135. The van der Waals surface area contributed by atoms with E-state index in [0.717, 1.165) is 19.5 Å². The molecule has 1 saturated carbocycles. The van der Waals surface area contributed by atoms with Crippen molar-refractivity contribution < 1.29 is 4.79 Å². The Hall–Kier alpha value is -0.280. The molecule has 2 fully saturated rings. The van der Waals surface area contributed by atoms with Gasteiger partial charge in [-0.05, 0) is 32.6 Å². The fourth-order valence-electron chi connectivity index (χ4n) is 3.12. The summed E-state index contributed by atoms with van der Waals surface area (Å²) in [7, 11) is 0. The van der Waals surface area contributed by atoms with E-state index < -0.39 is 0 Å². The average Bonchev–Trinajstić information content (AvgIpc) is 2.33. The molecule has 1 N–H and O–H groups in total. The molecular formula is C14H27ClN2O. The number of hydrogen-bond acceptors (Lipinski definition) is 2. The highest BCUT2D eigenvalue weighted by molar-refractivity contribution is 5.85. The van der Waals surface area contributed by atoms with Crippen LogP contribution in [0.2, 0.25) is 0 Å². The first-order valence-electron chi connectivity index (χ1n) is 7.19. The summed E-state index contributed by atoms with van der Waals surface area (Å²) in [6.07, 6.45) is 7.34. The van der Waals surface area contributed by atoms with E-state index in [0.29, 0.717) is 23.9 Å². The number of rotatable bonds is 2. The van der Waals surface area contributed by atoms with Crippen LogP contribution in [0.15, 0.2) is 0 Å². The largest absolute Gasteiger partial charge is 0.337 e. The van der Waals surface area contributed by atoms with Gasteiger partial charge in [0.25, 0.3) is 0 Å². The first kappa shape index (κ1) is 15.8. The molecule has 0 aromatic heterocycles. The summed E-state index contributed by atoms with van der Waals surface area (Å²) in [5.41, 5.74) is 0. The maximum Gasteiger partial charge on any atom is 0.223 e. The van der Waals surface area contributed by atoms with Crippen molar-refractivity contribution in [3.8, 4) is 0 Å². The van der Waals surface area contributed by atoms with Gasteiger partial charge in [0.1, 0.15) is 0 Å². The monoisotopic (exact) mass is 274 g/mol. The van der Waals surface area contributed by atoms with Gasteiger partial charge >= 0.3 is 0 Å². The first-order chi connectivity index (χ1) is 8.16. The molecule has 0 spiro atoms. The second-order valence-corrected chi connectivity index (χ2v) is 5.91. The van der Waals surface area contributed by atoms with Gasteiger partial charge in [-0.15, -0.1) is 12.4 Å². The molecule has 0 aromatic carbocycles. The molecule has 4 heteroatoms. The molecule has 0 aromatic rings. The fourth-order valence-corrected chi connectivity index (χ4v) is 3.12. The van der Waals surface area contributed by atoms with Gasteiger partial charge in [0.15, 0.2) is 0 Å². The quantitative estimate of drug-likeness (QED) is 0.839. The molecule has 2 unspecified atom stereocenters. The number of nitrogens with one attached hydrogen (secondary N) is 1. The Morgan fingerprint density at radius 2 is 1.89 bits per heavy atom. The molecule has 2 aliphatic rings. The van der Waals surface area contributed by atoms with Gasteiger partial charge < -0.3 is 10.2 Å². The van der Waals surface area contributed by atoms with Gasteiger partial charge in [-0.3, -0.25) is 4.79 Å². The van der Waals surface area contributed by atoms with Crippen LogP contribution in [0.1, 0.15) is 52.4 Å². The molecule has 0 bridgehead atoms. The number of halogens is 1. The topological polar surface area (TPSA) is 32.3 Å². The minimum atomic E-state index is 0. The van der Waals surface area contributed by atoms with Crippen LogP contribution in [0, 0.1) is 5.92 Å². The molecule has 0 radical (unpaired) electrons. The molecule has 2 rings (SSSR count). The van der Waals surface area contributed by atoms with E-state index in [4.69, 9.17) is 0 Å². The van der Waals surface area contributed by atoms with Crippen molar-refractivity contribution in [2.24, 2.45) is 5.92 Å². The summed E-state index contributed by atoms with van der Waals surface area (Å²) in [5, 5.41) is 3.43. The third kappa shape index (κ3) is 4.13. The van der Waals surface area contributed by atoms with Crippen LogP contribution in [0.3, 0.4) is 0 Å². The van der Waals surface area contributed by atoms with Crippen molar-refractivity contribution in [3.63, 3.8) is 0 Å². The maximum absolute atomic E-state index is 12.3. The number of amides is 1. The van der Waals surface area contributed by atoms with Crippen molar-refractivity contribution in [2.75, 3.05) is 13.1 Å². The SMILES string of the molecule is CC1CN(C(=O)CC2CCCCC2)C(C)CN1.Cl. The summed E-state index contributed by atoms with van der Waals surface area (Å²) < 4.78 is 0. The van der Waals surface area contributed by atoms with E-state index in [1.807, 2.05) is 0 Å². The number of piperazine rings is 1. The highest BCUT2D eigenvalue weighted by atomic mass is 35.5. The third-order valence-electron chi connectivity index (χ3n) is 4.27.